The van der Waals surface area contributed by atoms with Crippen molar-refractivity contribution in [1.29, 1.82) is 0 Å². The summed E-state index contributed by atoms with van der Waals surface area (Å²) in [5.74, 6) is 1.32. The zero-order chi connectivity index (χ0) is 27.1. The van der Waals surface area contributed by atoms with Crippen LogP contribution in [0, 0.1) is 12.8 Å². The molecule has 3 N–H and O–H groups in total. The van der Waals surface area contributed by atoms with Crippen LogP contribution < -0.4 is 16.0 Å². The molecule has 2 rings (SSSR count). The molecule has 0 bridgehead atoms. The third-order valence-corrected chi connectivity index (χ3v) is 4.89. The molecule has 0 unspecified atom stereocenters. The summed E-state index contributed by atoms with van der Waals surface area (Å²) in [5.41, 5.74) is 6.02. The molecule has 0 aliphatic heterocycles. The fourth-order valence-electron chi connectivity index (χ4n) is 2.73. The lowest BCUT2D eigenvalue weighted by Crippen LogP contribution is -2.20. The second-order valence-electron chi connectivity index (χ2n) is 8.08. The van der Waals surface area contributed by atoms with Gasteiger partial charge in [0.05, 0.1) is 0 Å². The molecule has 0 atom stereocenters. The zero-order valence-electron chi connectivity index (χ0n) is 23.8. The molecule has 0 heterocycles. The summed E-state index contributed by atoms with van der Waals surface area (Å²) in [6, 6.07) is 8.23. The van der Waals surface area contributed by atoms with Gasteiger partial charge in [-0.25, -0.2) is 4.99 Å². The quantitative estimate of drug-likeness (QED) is 0.129. The number of aryl methyl sites for hydroxylation is 1. The molecule has 4 nitrogen and oxygen atoms in total. The van der Waals surface area contributed by atoms with Crippen molar-refractivity contribution in [2.45, 2.75) is 67.7 Å². The van der Waals surface area contributed by atoms with Crippen LogP contribution in [0.15, 0.2) is 89.9 Å². The van der Waals surface area contributed by atoms with E-state index in [2.05, 4.69) is 66.7 Å². The molecule has 0 aromatic heterocycles. The highest BCUT2D eigenvalue weighted by Crippen LogP contribution is 2.36. The van der Waals surface area contributed by atoms with Gasteiger partial charge < -0.3 is 16.0 Å². The number of nitrogens with zero attached hydrogens (tertiary/aromatic N) is 1. The van der Waals surface area contributed by atoms with Gasteiger partial charge in [-0.3, -0.25) is 0 Å². The van der Waals surface area contributed by atoms with Crippen molar-refractivity contribution in [3.63, 3.8) is 0 Å². The van der Waals surface area contributed by atoms with E-state index in [-0.39, 0.29) is 0 Å². The molecule has 1 aliphatic rings. The van der Waals surface area contributed by atoms with Crippen LogP contribution in [0.25, 0.3) is 0 Å². The van der Waals surface area contributed by atoms with Gasteiger partial charge in [0.2, 0.25) is 0 Å². The van der Waals surface area contributed by atoms with Crippen molar-refractivity contribution in [3.05, 3.63) is 90.5 Å². The first kappa shape index (κ1) is 34.3. The van der Waals surface area contributed by atoms with E-state index in [0.717, 1.165) is 25.2 Å². The van der Waals surface area contributed by atoms with Crippen molar-refractivity contribution in [2.75, 3.05) is 25.5 Å². The van der Waals surface area contributed by atoms with Gasteiger partial charge in [-0.2, -0.15) is 0 Å². The first-order chi connectivity index (χ1) is 16.8. The van der Waals surface area contributed by atoms with Gasteiger partial charge in [0.15, 0.2) is 0 Å². The summed E-state index contributed by atoms with van der Waals surface area (Å²) in [4.78, 5) is 4.54. The molecule has 196 valence electrons. The fraction of sp³-hybridized carbons (Fsp3) is 0.452. The molecule has 0 radical (unpaired) electrons. The Morgan fingerprint density at radius 2 is 1.74 bits per heavy atom. The molecule has 0 saturated heterocycles. The van der Waals surface area contributed by atoms with Crippen LogP contribution in [-0.2, 0) is 0 Å². The normalized spacial score (nSPS) is 13.0. The average Bonchev–Trinajstić information content (AvgIpc) is 3.69. The lowest BCUT2D eigenvalue weighted by molar-refractivity contribution is 0.672. The fourth-order valence-corrected chi connectivity index (χ4v) is 2.73. The Balaban J connectivity index is 0. The molecule has 1 fully saturated rings. The summed E-state index contributed by atoms with van der Waals surface area (Å²) in [6.45, 7) is 27.1. The van der Waals surface area contributed by atoms with E-state index in [4.69, 9.17) is 0 Å². The summed E-state index contributed by atoms with van der Waals surface area (Å²) in [5, 5.41) is 9.94. The maximum atomic E-state index is 4.54. The number of hydrogen-bond acceptors (Lipinski definition) is 4. The van der Waals surface area contributed by atoms with Crippen LogP contribution in [0.2, 0.25) is 0 Å². The monoisotopic (exact) mass is 480 g/mol. The lowest BCUT2D eigenvalue weighted by atomic mass is 10.1. The minimum absolute atomic E-state index is 0.650. The van der Waals surface area contributed by atoms with Crippen molar-refractivity contribution >= 4 is 11.9 Å². The molecule has 0 spiro atoms. The van der Waals surface area contributed by atoms with Crippen LogP contribution in [0.1, 0.15) is 66.4 Å². The van der Waals surface area contributed by atoms with Crippen LogP contribution in [0.4, 0.5) is 5.69 Å². The molecule has 1 aliphatic carbocycles. The van der Waals surface area contributed by atoms with E-state index < -0.39 is 0 Å². The number of hydrogen-bond donors (Lipinski definition) is 3. The van der Waals surface area contributed by atoms with E-state index in [1.165, 1.54) is 35.2 Å². The summed E-state index contributed by atoms with van der Waals surface area (Å²) in [7, 11) is 1.98. The number of aliphatic imine (C=N–C) groups is 1. The molecule has 1 aromatic carbocycles. The minimum atomic E-state index is 0.650. The SMILES string of the molecule is C=C(/N=C\C(=C(/C)NCCCNC)C1CC1)Nc1cccc(C)c1.C=C/C(C)=C/C.C=CC.CC. The number of benzene rings is 1. The van der Waals surface area contributed by atoms with Crippen LogP contribution >= 0.6 is 0 Å². The van der Waals surface area contributed by atoms with E-state index >= 15 is 0 Å². The molecule has 4 heteroatoms. The van der Waals surface area contributed by atoms with Gasteiger partial charge in [0.25, 0.3) is 0 Å². The largest absolute Gasteiger partial charge is 0.388 e. The maximum Gasteiger partial charge on any atom is 0.123 e. The van der Waals surface area contributed by atoms with Crippen molar-refractivity contribution < 1.29 is 0 Å². The Labute approximate surface area is 217 Å². The summed E-state index contributed by atoms with van der Waals surface area (Å²) in [6.07, 6.45) is 11.2. The third kappa shape index (κ3) is 19.2. The number of allylic oxidation sites excluding steroid dienone is 6. The highest BCUT2D eigenvalue weighted by molar-refractivity contribution is 5.82. The highest BCUT2D eigenvalue weighted by Gasteiger charge is 2.26. The number of anilines is 1. The van der Waals surface area contributed by atoms with Gasteiger partial charge in [0.1, 0.15) is 5.82 Å². The molecular weight excluding hydrogens is 428 g/mol. The van der Waals surface area contributed by atoms with Crippen LogP contribution in [0.3, 0.4) is 0 Å². The first-order valence-corrected chi connectivity index (χ1v) is 12.8. The second kappa shape index (κ2) is 22.9. The predicted molar refractivity (Wildman–Crippen MR) is 161 cm³/mol. The van der Waals surface area contributed by atoms with Gasteiger partial charge in [-0.15, -0.1) is 6.58 Å². The van der Waals surface area contributed by atoms with E-state index in [0.29, 0.717) is 11.7 Å². The van der Waals surface area contributed by atoms with Gasteiger partial charge in [-0.05, 0) is 96.7 Å². The highest BCUT2D eigenvalue weighted by atomic mass is 15.0. The van der Waals surface area contributed by atoms with Crippen LogP contribution in [-0.4, -0.2) is 26.4 Å². The van der Waals surface area contributed by atoms with E-state index in [9.17, 15) is 0 Å². The Hall–Kier alpha value is -2.85. The van der Waals surface area contributed by atoms with Crippen molar-refractivity contribution in [2.24, 2.45) is 10.9 Å². The van der Waals surface area contributed by atoms with Gasteiger partial charge in [-0.1, -0.05) is 62.9 Å². The Kier molecular flexibility index (Phi) is 22.5. The Morgan fingerprint density at radius 3 is 2.20 bits per heavy atom. The standard InChI is InChI=1S/C20H30N4.C6H10.C3H6.C2H6/c1-15-7-5-8-19(13-15)24-17(3)23-14-20(18-9-10-18)16(2)22-12-6-11-21-4;1-4-6(3)5-2;1-3-2;1-2/h5,7-8,13-14,18,21-22,24H,3,6,9-12H2,1-2,4H3;4-5H,1H2,2-3H3;3H,1H2,2H3;1-2H3/b20-16-,23-14-;6-5+;;. The maximum absolute atomic E-state index is 4.54. The number of nitrogens with one attached hydrogen (secondary N) is 3. The van der Waals surface area contributed by atoms with Gasteiger partial charge >= 0.3 is 0 Å². The molecular formula is C31H52N4. The van der Waals surface area contributed by atoms with Crippen LogP contribution in [0.5, 0.6) is 0 Å². The summed E-state index contributed by atoms with van der Waals surface area (Å²) < 4.78 is 0. The molecule has 1 aromatic rings. The van der Waals surface area contributed by atoms with Crippen molar-refractivity contribution in [1.82, 2.24) is 10.6 Å². The van der Waals surface area contributed by atoms with E-state index in [1.807, 2.05) is 72.2 Å². The predicted octanol–water partition coefficient (Wildman–Crippen LogP) is 8.19. The zero-order valence-corrected chi connectivity index (χ0v) is 23.8. The smallest absolute Gasteiger partial charge is 0.123 e. The van der Waals surface area contributed by atoms with E-state index in [1.54, 1.807) is 6.08 Å². The van der Waals surface area contributed by atoms with Gasteiger partial charge in [0, 0.05) is 24.1 Å². The number of rotatable bonds is 11. The molecule has 35 heavy (non-hydrogen) atoms. The molecule has 0 amide bonds. The third-order valence-electron chi connectivity index (χ3n) is 4.89. The Morgan fingerprint density at radius 1 is 1.11 bits per heavy atom. The Bertz CT molecular complexity index is 811. The first-order valence-electron chi connectivity index (χ1n) is 12.8. The lowest BCUT2D eigenvalue weighted by Gasteiger charge is -2.11. The topological polar surface area (TPSA) is 48.5 Å². The minimum Gasteiger partial charge on any atom is -0.388 e. The van der Waals surface area contributed by atoms with Crippen molar-refractivity contribution in [3.8, 4) is 0 Å². The summed E-state index contributed by atoms with van der Waals surface area (Å²) >= 11 is 0. The molecule has 1 saturated carbocycles. The second-order valence-corrected chi connectivity index (χ2v) is 8.08. The average molecular weight is 481 g/mol.